The third-order valence-electron chi connectivity index (χ3n) is 3.54. The molecule has 0 radical (unpaired) electrons. The number of aromatic hydroxyl groups is 1. The topological polar surface area (TPSA) is 109 Å². The van der Waals surface area contributed by atoms with Crippen molar-refractivity contribution in [2.24, 2.45) is 0 Å². The number of rotatable bonds is 5. The maximum absolute atomic E-state index is 12.1. The fourth-order valence-electron chi connectivity index (χ4n) is 2.40. The fraction of sp³-hybridized carbons (Fsp3) is 0.111. The van der Waals surface area contributed by atoms with Gasteiger partial charge >= 0.3 is 5.97 Å². The van der Waals surface area contributed by atoms with Crippen LogP contribution in [0.1, 0.15) is 18.1 Å². The molecule has 0 saturated heterocycles. The van der Waals surface area contributed by atoms with Gasteiger partial charge in [0.25, 0.3) is 0 Å². The summed E-state index contributed by atoms with van der Waals surface area (Å²) >= 11 is 0. The number of aliphatic carboxylic acids is 1. The molecule has 0 aliphatic rings. The van der Waals surface area contributed by atoms with Gasteiger partial charge in [-0.25, -0.2) is 13.2 Å². The molecule has 2 rings (SSSR count). The van der Waals surface area contributed by atoms with Gasteiger partial charge in [0.1, 0.15) is 5.75 Å². The first-order valence-corrected chi connectivity index (χ1v) is 9.09. The first kappa shape index (κ1) is 18.4. The second kappa shape index (κ2) is 6.90. The van der Waals surface area contributed by atoms with Crippen LogP contribution in [0.2, 0.25) is 0 Å². The van der Waals surface area contributed by atoms with Crippen LogP contribution in [0.25, 0.3) is 11.1 Å². The van der Waals surface area contributed by atoms with E-state index in [0.29, 0.717) is 5.56 Å². The second-order valence-corrected chi connectivity index (χ2v) is 7.47. The van der Waals surface area contributed by atoms with Crippen molar-refractivity contribution >= 4 is 32.7 Å². The number of carboxylic acid groups (broad SMARTS) is 1. The summed E-state index contributed by atoms with van der Waals surface area (Å²) in [6, 6.07) is 10.9. The molecule has 2 aromatic rings. The number of phenolic OH excluding ortho intramolecular Hbond substituents is 1. The van der Waals surface area contributed by atoms with E-state index in [0.717, 1.165) is 6.26 Å². The molecule has 25 heavy (non-hydrogen) atoms. The van der Waals surface area contributed by atoms with Crippen molar-refractivity contribution in [3.05, 3.63) is 59.7 Å². The highest BCUT2D eigenvalue weighted by molar-refractivity contribution is 7.90. The number of allylic oxidation sites excluding steroid dienone is 1. The number of Topliss-reactive ketones (excluding diaryl/α,β-unsaturated/α-hetero) is 1. The van der Waals surface area contributed by atoms with Crippen LogP contribution < -0.4 is 0 Å². The number of carboxylic acids is 1. The summed E-state index contributed by atoms with van der Waals surface area (Å²) in [6.45, 7) is 1.24. The van der Waals surface area contributed by atoms with E-state index in [2.05, 4.69) is 0 Å². The number of hydrogen-bond acceptors (Lipinski definition) is 5. The highest BCUT2D eigenvalue weighted by Crippen LogP contribution is 2.29. The minimum atomic E-state index is -3.40. The van der Waals surface area contributed by atoms with Gasteiger partial charge in [-0.2, -0.15) is 0 Å². The number of benzene rings is 2. The normalized spacial score (nSPS) is 12.4. The lowest BCUT2D eigenvalue weighted by Gasteiger charge is -2.11. The Labute approximate surface area is 145 Å². The number of hydrogen-bond donors (Lipinski definition) is 2. The van der Waals surface area contributed by atoms with Crippen LogP contribution in [0.4, 0.5) is 0 Å². The number of carbonyl (C=O) groups is 2. The largest absolute Gasteiger partial charge is 0.508 e. The smallest absolute Gasteiger partial charge is 0.337 e. The van der Waals surface area contributed by atoms with Crippen LogP contribution in [0.15, 0.2) is 53.4 Å². The van der Waals surface area contributed by atoms with Crippen LogP contribution in [-0.4, -0.2) is 36.6 Å². The maximum atomic E-state index is 12.1. The van der Waals surface area contributed by atoms with E-state index < -0.39 is 21.6 Å². The molecule has 6 nitrogen and oxygen atoms in total. The predicted molar refractivity (Wildman–Crippen MR) is 92.8 cm³/mol. The van der Waals surface area contributed by atoms with E-state index in [4.69, 9.17) is 0 Å². The minimum absolute atomic E-state index is 0.0321. The zero-order chi connectivity index (χ0) is 18.8. The summed E-state index contributed by atoms with van der Waals surface area (Å²) in [6.07, 6.45) is 1.06. The molecule has 130 valence electrons. The monoisotopic (exact) mass is 360 g/mol. The summed E-state index contributed by atoms with van der Waals surface area (Å²) in [5.74, 6) is -1.81. The molecule has 7 heteroatoms. The van der Waals surface area contributed by atoms with Crippen LogP contribution in [-0.2, 0) is 19.4 Å². The molecular formula is C18H16O6S. The number of phenols is 1. The van der Waals surface area contributed by atoms with Crippen molar-refractivity contribution in [2.75, 3.05) is 6.26 Å². The van der Waals surface area contributed by atoms with Gasteiger partial charge in [0.05, 0.1) is 10.5 Å². The average Bonchev–Trinajstić information content (AvgIpc) is 2.52. The predicted octanol–water partition coefficient (Wildman–Crippen LogP) is 2.38. The SMILES string of the molecule is CC(=O)/C(=C(\C(=O)O)c1ccc(O)cc1)c1ccc(S(C)(=O)=O)cc1. The van der Waals surface area contributed by atoms with Gasteiger partial charge in [0.2, 0.25) is 0 Å². The number of carbonyl (C=O) groups excluding carboxylic acids is 1. The van der Waals surface area contributed by atoms with Crippen molar-refractivity contribution in [3.8, 4) is 5.75 Å². The van der Waals surface area contributed by atoms with Crippen LogP contribution in [0.3, 0.4) is 0 Å². The molecular weight excluding hydrogens is 344 g/mol. The quantitative estimate of drug-likeness (QED) is 0.626. The third kappa shape index (κ3) is 4.13. The number of ketones is 1. The summed E-state index contributed by atoms with van der Waals surface area (Å²) in [5, 5.41) is 19.0. The Morgan fingerprint density at radius 3 is 1.68 bits per heavy atom. The van der Waals surface area contributed by atoms with Gasteiger partial charge in [-0.05, 0) is 42.3 Å². The molecule has 0 unspecified atom stereocenters. The van der Waals surface area contributed by atoms with Gasteiger partial charge < -0.3 is 10.2 Å². The van der Waals surface area contributed by atoms with Crippen molar-refractivity contribution in [2.45, 2.75) is 11.8 Å². The van der Waals surface area contributed by atoms with Gasteiger partial charge in [-0.15, -0.1) is 0 Å². The van der Waals surface area contributed by atoms with E-state index in [1.54, 1.807) is 0 Å². The van der Waals surface area contributed by atoms with E-state index >= 15 is 0 Å². The fourth-order valence-corrected chi connectivity index (χ4v) is 3.03. The molecule has 2 aromatic carbocycles. The molecule has 0 heterocycles. The molecule has 0 fully saturated rings. The summed E-state index contributed by atoms with van der Waals surface area (Å²) in [5.41, 5.74) is 0.283. The lowest BCUT2D eigenvalue weighted by Crippen LogP contribution is -2.08. The lowest BCUT2D eigenvalue weighted by molar-refractivity contribution is -0.130. The average molecular weight is 360 g/mol. The Morgan fingerprint density at radius 1 is 0.840 bits per heavy atom. The van der Waals surface area contributed by atoms with E-state index in [1.807, 2.05) is 0 Å². The lowest BCUT2D eigenvalue weighted by atomic mass is 9.92. The maximum Gasteiger partial charge on any atom is 0.337 e. The van der Waals surface area contributed by atoms with Crippen molar-refractivity contribution < 1.29 is 28.2 Å². The molecule has 0 saturated carbocycles. The second-order valence-electron chi connectivity index (χ2n) is 5.45. The molecule has 0 bridgehead atoms. The van der Waals surface area contributed by atoms with E-state index in [9.17, 15) is 28.2 Å². The van der Waals surface area contributed by atoms with Crippen LogP contribution in [0.5, 0.6) is 5.75 Å². The Kier molecular flexibility index (Phi) is 5.08. The molecule has 0 amide bonds. The van der Waals surface area contributed by atoms with E-state index in [1.165, 1.54) is 55.5 Å². The Balaban J connectivity index is 2.71. The van der Waals surface area contributed by atoms with Crippen molar-refractivity contribution in [1.29, 1.82) is 0 Å². The molecule has 0 aromatic heterocycles. The van der Waals surface area contributed by atoms with Gasteiger partial charge in [-0.3, -0.25) is 4.79 Å². The Bertz CT molecular complexity index is 952. The van der Waals surface area contributed by atoms with Crippen LogP contribution >= 0.6 is 0 Å². The first-order chi connectivity index (χ1) is 11.6. The Hall–Kier alpha value is -2.93. The highest BCUT2D eigenvalue weighted by Gasteiger charge is 2.22. The van der Waals surface area contributed by atoms with Gasteiger partial charge in [0, 0.05) is 11.8 Å². The summed E-state index contributed by atoms with van der Waals surface area (Å²) in [4.78, 5) is 24.0. The summed E-state index contributed by atoms with van der Waals surface area (Å²) < 4.78 is 23.1. The van der Waals surface area contributed by atoms with Gasteiger partial charge in [0.15, 0.2) is 15.6 Å². The highest BCUT2D eigenvalue weighted by atomic mass is 32.2. The van der Waals surface area contributed by atoms with Crippen molar-refractivity contribution in [3.63, 3.8) is 0 Å². The van der Waals surface area contributed by atoms with Gasteiger partial charge in [-0.1, -0.05) is 24.3 Å². The zero-order valence-electron chi connectivity index (χ0n) is 13.6. The minimum Gasteiger partial charge on any atom is -0.508 e. The standard InChI is InChI=1S/C18H16O6S/c1-11(19)16(12-5-9-15(10-6-12)25(2,23)24)17(18(21)22)13-3-7-14(20)8-4-13/h3-10,20H,1-2H3,(H,21,22)/b17-16+. The molecule has 0 spiro atoms. The zero-order valence-corrected chi connectivity index (χ0v) is 14.4. The van der Waals surface area contributed by atoms with Crippen molar-refractivity contribution in [1.82, 2.24) is 0 Å². The van der Waals surface area contributed by atoms with Crippen LogP contribution in [0, 0.1) is 0 Å². The number of sulfone groups is 1. The molecule has 0 atom stereocenters. The summed E-state index contributed by atoms with van der Waals surface area (Å²) in [7, 11) is -3.40. The molecule has 2 N–H and O–H groups in total. The Morgan fingerprint density at radius 2 is 1.28 bits per heavy atom. The first-order valence-electron chi connectivity index (χ1n) is 7.19. The molecule has 0 aliphatic carbocycles. The molecule has 0 aliphatic heterocycles. The van der Waals surface area contributed by atoms with E-state index in [-0.39, 0.29) is 27.4 Å². The third-order valence-corrected chi connectivity index (χ3v) is 4.67.